The van der Waals surface area contributed by atoms with E-state index in [4.69, 9.17) is 0 Å². The molecule has 2 amide bonds. The second-order valence-corrected chi connectivity index (χ2v) is 9.45. The van der Waals surface area contributed by atoms with E-state index in [1.165, 1.54) is 5.56 Å². The van der Waals surface area contributed by atoms with Crippen LogP contribution in [0.1, 0.15) is 32.6 Å². The Bertz CT molecular complexity index is 1170. The van der Waals surface area contributed by atoms with Crippen LogP contribution in [0.2, 0.25) is 0 Å². The van der Waals surface area contributed by atoms with Crippen molar-refractivity contribution in [3.8, 4) is 0 Å². The lowest BCUT2D eigenvalue weighted by molar-refractivity contribution is -0.123. The topological polar surface area (TPSA) is 40.6 Å². The summed E-state index contributed by atoms with van der Waals surface area (Å²) < 4.78 is 0. The zero-order chi connectivity index (χ0) is 21.6. The molecule has 2 aliphatic rings. The van der Waals surface area contributed by atoms with Gasteiger partial charge in [-0.05, 0) is 37.1 Å². The van der Waals surface area contributed by atoms with Gasteiger partial charge in [-0.15, -0.1) is 11.8 Å². The third-order valence-electron chi connectivity index (χ3n) is 6.18. The van der Waals surface area contributed by atoms with E-state index in [-0.39, 0.29) is 11.8 Å². The summed E-state index contributed by atoms with van der Waals surface area (Å²) >= 11 is 1.57. The van der Waals surface area contributed by atoms with Crippen molar-refractivity contribution in [1.82, 2.24) is 4.90 Å². The predicted octanol–water partition coefficient (Wildman–Crippen LogP) is 4.89. The first kappa shape index (κ1) is 19.9. The molecule has 1 atom stereocenters. The van der Waals surface area contributed by atoms with Gasteiger partial charge in [-0.1, -0.05) is 66.2 Å². The molecule has 0 radical (unpaired) electrons. The fourth-order valence-corrected chi connectivity index (χ4v) is 6.02. The number of nitrogens with zero attached hydrogens (tertiary/aromatic N) is 2. The van der Waals surface area contributed by atoms with Gasteiger partial charge >= 0.3 is 0 Å². The Morgan fingerprint density at radius 3 is 2.45 bits per heavy atom. The molecule has 4 nitrogen and oxygen atoms in total. The van der Waals surface area contributed by atoms with E-state index in [1.807, 2.05) is 60.4 Å². The summed E-state index contributed by atoms with van der Waals surface area (Å²) in [5.41, 5.74) is 5.66. The van der Waals surface area contributed by atoms with Gasteiger partial charge in [-0.25, -0.2) is 0 Å². The molecule has 5 rings (SSSR count). The van der Waals surface area contributed by atoms with Crippen LogP contribution >= 0.6 is 11.8 Å². The van der Waals surface area contributed by atoms with E-state index in [0.29, 0.717) is 18.7 Å². The molecule has 1 saturated heterocycles. The maximum absolute atomic E-state index is 14.0. The lowest BCUT2D eigenvalue weighted by Crippen LogP contribution is -2.50. The summed E-state index contributed by atoms with van der Waals surface area (Å²) in [6.07, 6.45) is 0. The van der Waals surface area contributed by atoms with Gasteiger partial charge in [0.25, 0.3) is 11.8 Å². The van der Waals surface area contributed by atoms with Crippen molar-refractivity contribution in [1.29, 1.82) is 0 Å². The zero-order valence-electron chi connectivity index (χ0n) is 17.7. The van der Waals surface area contributed by atoms with Crippen molar-refractivity contribution in [2.45, 2.75) is 25.3 Å². The monoisotopic (exact) mass is 428 g/mol. The van der Waals surface area contributed by atoms with Crippen LogP contribution in [0, 0.1) is 13.8 Å². The molecule has 0 unspecified atom stereocenters. The second-order valence-electron chi connectivity index (χ2n) is 8.16. The minimum absolute atomic E-state index is 0.0290. The third kappa shape index (κ3) is 3.07. The van der Waals surface area contributed by atoms with E-state index >= 15 is 0 Å². The SMILES string of the molecule is Cc1ccc(CN2C(=O)[C@]3(SCCN3C(=O)c3ccccc3C)c3ccccc32)cc1. The van der Waals surface area contributed by atoms with Crippen molar-refractivity contribution in [2.24, 2.45) is 0 Å². The molecule has 5 heteroatoms. The molecule has 31 heavy (non-hydrogen) atoms. The first-order chi connectivity index (χ1) is 15.0. The first-order valence-electron chi connectivity index (χ1n) is 10.5. The quantitative estimate of drug-likeness (QED) is 0.596. The molecule has 156 valence electrons. The van der Waals surface area contributed by atoms with Crippen molar-refractivity contribution in [3.05, 3.63) is 101 Å². The minimum Gasteiger partial charge on any atom is -0.311 e. The summed E-state index contributed by atoms with van der Waals surface area (Å²) in [5.74, 6) is 0.623. The number of fused-ring (bicyclic) bond motifs is 2. The van der Waals surface area contributed by atoms with E-state index in [1.54, 1.807) is 16.7 Å². The Labute approximate surface area is 186 Å². The molecule has 0 saturated carbocycles. The van der Waals surface area contributed by atoms with Gasteiger partial charge < -0.3 is 9.80 Å². The Balaban J connectivity index is 1.58. The van der Waals surface area contributed by atoms with Gasteiger partial charge in [0.2, 0.25) is 0 Å². The van der Waals surface area contributed by atoms with Gasteiger partial charge in [0, 0.05) is 23.4 Å². The molecule has 0 aromatic heterocycles. The summed E-state index contributed by atoms with van der Waals surface area (Å²) in [7, 11) is 0. The average molecular weight is 429 g/mol. The van der Waals surface area contributed by atoms with Crippen LogP contribution in [0.5, 0.6) is 0 Å². The second kappa shape index (κ2) is 7.57. The van der Waals surface area contributed by atoms with Crippen molar-refractivity contribution < 1.29 is 9.59 Å². The van der Waals surface area contributed by atoms with Crippen LogP contribution in [-0.4, -0.2) is 29.0 Å². The van der Waals surface area contributed by atoms with Gasteiger partial charge in [-0.2, -0.15) is 0 Å². The van der Waals surface area contributed by atoms with Crippen LogP contribution in [0.4, 0.5) is 5.69 Å². The lowest BCUT2D eigenvalue weighted by atomic mass is 10.0. The minimum atomic E-state index is -0.999. The van der Waals surface area contributed by atoms with Crippen LogP contribution in [-0.2, 0) is 16.2 Å². The van der Waals surface area contributed by atoms with Gasteiger partial charge in [0.15, 0.2) is 4.87 Å². The van der Waals surface area contributed by atoms with Crippen LogP contribution < -0.4 is 4.90 Å². The molecule has 1 spiro atoms. The first-order valence-corrected chi connectivity index (χ1v) is 11.5. The molecule has 2 aliphatic heterocycles. The molecule has 1 fully saturated rings. The normalized spacial score (nSPS) is 19.9. The molecule has 3 aromatic carbocycles. The molecular formula is C26H24N2O2S. The van der Waals surface area contributed by atoms with Crippen molar-refractivity contribution >= 4 is 29.3 Å². The number of anilines is 1. The van der Waals surface area contributed by atoms with Gasteiger partial charge in [0.1, 0.15) is 0 Å². The number of aryl methyl sites for hydroxylation is 2. The molecule has 2 heterocycles. The molecular weight excluding hydrogens is 404 g/mol. The number of benzene rings is 3. The number of carbonyl (C=O) groups is 2. The highest BCUT2D eigenvalue weighted by Gasteiger charge is 2.59. The third-order valence-corrected chi connectivity index (χ3v) is 7.60. The van der Waals surface area contributed by atoms with Crippen LogP contribution in [0.15, 0.2) is 72.8 Å². The molecule has 0 bridgehead atoms. The number of carbonyl (C=O) groups excluding carboxylic acids is 2. The largest absolute Gasteiger partial charge is 0.311 e. The van der Waals surface area contributed by atoms with Gasteiger partial charge in [0.05, 0.1) is 12.2 Å². The summed E-state index contributed by atoms with van der Waals surface area (Å²) in [5, 5.41) is 0. The number of para-hydroxylation sites is 1. The number of rotatable bonds is 3. The smallest absolute Gasteiger partial charge is 0.268 e. The Morgan fingerprint density at radius 1 is 0.968 bits per heavy atom. The van der Waals surface area contributed by atoms with Crippen LogP contribution in [0.3, 0.4) is 0 Å². The number of hydrogen-bond acceptors (Lipinski definition) is 3. The maximum Gasteiger partial charge on any atom is 0.268 e. The highest BCUT2D eigenvalue weighted by atomic mass is 32.2. The Hall–Kier alpha value is -3.05. The fraction of sp³-hybridized carbons (Fsp3) is 0.231. The van der Waals surface area contributed by atoms with E-state index < -0.39 is 4.87 Å². The Morgan fingerprint density at radius 2 is 1.68 bits per heavy atom. The van der Waals surface area contributed by atoms with Gasteiger partial charge in [-0.3, -0.25) is 9.59 Å². The zero-order valence-corrected chi connectivity index (χ0v) is 18.5. The fourth-order valence-electron chi connectivity index (χ4n) is 4.56. The maximum atomic E-state index is 14.0. The van der Waals surface area contributed by atoms with E-state index in [2.05, 4.69) is 31.2 Å². The molecule has 3 aromatic rings. The van der Waals surface area contributed by atoms with Crippen LogP contribution in [0.25, 0.3) is 0 Å². The summed E-state index contributed by atoms with van der Waals surface area (Å²) in [6, 6.07) is 23.8. The summed E-state index contributed by atoms with van der Waals surface area (Å²) in [4.78, 5) is 30.3. The predicted molar refractivity (Wildman–Crippen MR) is 125 cm³/mol. The molecule has 0 aliphatic carbocycles. The van der Waals surface area contributed by atoms with Crippen molar-refractivity contribution in [3.63, 3.8) is 0 Å². The average Bonchev–Trinajstić information content (AvgIpc) is 3.32. The van der Waals surface area contributed by atoms with Crippen molar-refractivity contribution in [2.75, 3.05) is 17.2 Å². The Kier molecular flexibility index (Phi) is 4.86. The number of amides is 2. The highest BCUT2D eigenvalue weighted by molar-refractivity contribution is 8.01. The van der Waals surface area contributed by atoms with E-state index in [9.17, 15) is 9.59 Å². The molecule has 0 N–H and O–H groups in total. The highest BCUT2D eigenvalue weighted by Crippen LogP contribution is 2.54. The lowest BCUT2D eigenvalue weighted by Gasteiger charge is -2.33. The van der Waals surface area contributed by atoms with E-state index in [0.717, 1.165) is 28.1 Å². The standard InChI is InChI=1S/C26H24N2O2S/c1-18-11-13-20(14-12-18)17-27-23-10-6-5-9-22(23)26(25(27)30)28(15-16-31-26)24(29)21-8-4-3-7-19(21)2/h3-14H,15-17H2,1-2H3/t26-/m1/s1. The number of thioether (sulfide) groups is 1. The summed E-state index contributed by atoms with van der Waals surface area (Å²) in [6.45, 7) is 5.04. The number of hydrogen-bond donors (Lipinski definition) is 0.